The van der Waals surface area contributed by atoms with E-state index in [9.17, 15) is 18.8 Å². The SMILES string of the molecule is N#Cc1cccc(C(=O)CC(=O)Nc2cc(C#Cc3ccccc3F)ccc2NC(=O)O)c1. The fraction of sp³-hybridized carbons (Fsp3) is 0.0400. The van der Waals surface area contributed by atoms with Gasteiger partial charge in [-0.05, 0) is 42.5 Å². The minimum Gasteiger partial charge on any atom is -0.465 e. The van der Waals surface area contributed by atoms with Gasteiger partial charge in [-0.15, -0.1) is 0 Å². The average Bonchev–Trinajstić information content (AvgIpc) is 2.79. The summed E-state index contributed by atoms with van der Waals surface area (Å²) in [5, 5.41) is 22.7. The van der Waals surface area contributed by atoms with Crippen molar-refractivity contribution >= 4 is 29.2 Å². The number of ketones is 1. The number of anilines is 2. The van der Waals surface area contributed by atoms with Crippen LogP contribution in [0.5, 0.6) is 0 Å². The normalized spacial score (nSPS) is 9.70. The van der Waals surface area contributed by atoms with E-state index in [2.05, 4.69) is 22.5 Å². The first-order valence-electron chi connectivity index (χ1n) is 9.59. The number of halogens is 1. The fourth-order valence-corrected chi connectivity index (χ4v) is 2.86. The summed E-state index contributed by atoms with van der Waals surface area (Å²) in [6.07, 6.45) is -1.87. The molecule has 0 saturated carbocycles. The summed E-state index contributed by atoms with van der Waals surface area (Å²) in [5.74, 6) is 3.76. The minimum absolute atomic E-state index is 0.0752. The molecule has 7 nitrogen and oxygen atoms in total. The van der Waals surface area contributed by atoms with Gasteiger partial charge >= 0.3 is 6.09 Å². The van der Waals surface area contributed by atoms with Gasteiger partial charge in [-0.1, -0.05) is 36.1 Å². The molecule has 3 N–H and O–H groups in total. The van der Waals surface area contributed by atoms with Crippen molar-refractivity contribution in [3.63, 3.8) is 0 Å². The second-order valence-electron chi connectivity index (χ2n) is 6.76. The third kappa shape index (κ3) is 6.27. The summed E-state index contributed by atoms with van der Waals surface area (Å²) in [6, 6.07) is 18.2. The molecule has 0 radical (unpaired) electrons. The summed E-state index contributed by atoms with van der Waals surface area (Å²) in [7, 11) is 0. The first-order chi connectivity index (χ1) is 15.9. The van der Waals surface area contributed by atoms with Crippen molar-refractivity contribution in [1.29, 1.82) is 5.26 Å². The van der Waals surface area contributed by atoms with Crippen LogP contribution < -0.4 is 10.6 Å². The van der Waals surface area contributed by atoms with Crippen molar-refractivity contribution in [3.8, 4) is 17.9 Å². The average molecular weight is 441 g/mol. The highest BCUT2D eigenvalue weighted by Crippen LogP contribution is 2.24. The Balaban J connectivity index is 1.82. The number of nitrogens with zero attached hydrogens (tertiary/aromatic N) is 1. The first-order valence-corrected chi connectivity index (χ1v) is 9.59. The molecule has 2 amide bonds. The standard InChI is InChI=1S/C25H16FN3O4/c26-20-7-2-1-5-18(20)10-8-16-9-11-21(29-25(32)33)22(13-16)28-24(31)14-23(30)19-6-3-4-17(12-19)15-27/h1-7,9,11-13,29H,14H2,(H,28,31)(H,32,33). The Labute approximate surface area is 188 Å². The van der Waals surface area contributed by atoms with Crippen LogP contribution in [-0.4, -0.2) is 22.9 Å². The second-order valence-corrected chi connectivity index (χ2v) is 6.76. The number of carbonyl (C=O) groups excluding carboxylic acids is 2. The van der Waals surface area contributed by atoms with Gasteiger partial charge in [-0.3, -0.25) is 14.9 Å². The predicted molar refractivity (Wildman–Crippen MR) is 119 cm³/mol. The van der Waals surface area contributed by atoms with Crippen LogP contribution in [0.1, 0.15) is 33.5 Å². The molecule has 33 heavy (non-hydrogen) atoms. The molecule has 0 saturated heterocycles. The van der Waals surface area contributed by atoms with Gasteiger partial charge in [0.2, 0.25) is 5.91 Å². The molecule has 0 fully saturated rings. The molecule has 0 aliphatic heterocycles. The van der Waals surface area contributed by atoms with Crippen LogP contribution in [0.15, 0.2) is 66.7 Å². The fourth-order valence-electron chi connectivity index (χ4n) is 2.86. The van der Waals surface area contributed by atoms with Gasteiger partial charge in [-0.25, -0.2) is 9.18 Å². The maximum Gasteiger partial charge on any atom is 0.409 e. The molecular weight excluding hydrogens is 425 g/mol. The number of amides is 2. The van der Waals surface area contributed by atoms with E-state index in [-0.39, 0.29) is 28.1 Å². The Morgan fingerprint density at radius 1 is 0.879 bits per heavy atom. The molecule has 162 valence electrons. The van der Waals surface area contributed by atoms with Crippen LogP contribution in [-0.2, 0) is 4.79 Å². The Morgan fingerprint density at radius 3 is 2.39 bits per heavy atom. The number of hydrogen-bond donors (Lipinski definition) is 3. The molecule has 0 heterocycles. The van der Waals surface area contributed by atoms with Crippen molar-refractivity contribution in [2.75, 3.05) is 10.6 Å². The van der Waals surface area contributed by atoms with Gasteiger partial charge in [0.15, 0.2) is 5.78 Å². The third-order valence-corrected chi connectivity index (χ3v) is 4.39. The van der Waals surface area contributed by atoms with E-state index < -0.39 is 30.0 Å². The summed E-state index contributed by atoms with van der Waals surface area (Å²) in [5.41, 5.74) is 1.22. The van der Waals surface area contributed by atoms with Crippen LogP contribution in [0.2, 0.25) is 0 Å². The molecular formula is C25H16FN3O4. The summed E-state index contributed by atoms with van der Waals surface area (Å²) >= 11 is 0. The van der Waals surface area contributed by atoms with Crippen molar-refractivity contribution in [2.24, 2.45) is 0 Å². The van der Waals surface area contributed by atoms with Crippen molar-refractivity contribution < 1.29 is 23.9 Å². The first kappa shape index (κ1) is 22.7. The van der Waals surface area contributed by atoms with Gasteiger partial charge < -0.3 is 10.4 Å². The van der Waals surface area contributed by atoms with Gasteiger partial charge in [-0.2, -0.15) is 5.26 Å². The lowest BCUT2D eigenvalue weighted by atomic mass is 10.1. The molecule has 0 aliphatic rings. The molecule has 8 heteroatoms. The van der Waals surface area contributed by atoms with E-state index >= 15 is 0 Å². The minimum atomic E-state index is -1.35. The number of nitriles is 1. The monoisotopic (exact) mass is 441 g/mol. The molecule has 3 aromatic carbocycles. The number of rotatable bonds is 5. The Hall–Kier alpha value is -4.95. The van der Waals surface area contributed by atoms with Gasteiger partial charge in [0, 0.05) is 11.1 Å². The highest BCUT2D eigenvalue weighted by Gasteiger charge is 2.15. The number of benzene rings is 3. The van der Waals surface area contributed by atoms with E-state index in [4.69, 9.17) is 10.4 Å². The lowest BCUT2D eigenvalue weighted by molar-refractivity contribution is -0.115. The maximum atomic E-state index is 13.8. The van der Waals surface area contributed by atoms with Crippen LogP contribution >= 0.6 is 0 Å². The van der Waals surface area contributed by atoms with E-state index in [1.165, 1.54) is 54.6 Å². The van der Waals surface area contributed by atoms with Crippen molar-refractivity contribution in [1.82, 2.24) is 0 Å². The van der Waals surface area contributed by atoms with E-state index in [1.807, 2.05) is 6.07 Å². The number of carbonyl (C=O) groups is 3. The molecule has 0 bridgehead atoms. The topological polar surface area (TPSA) is 119 Å². The largest absolute Gasteiger partial charge is 0.465 e. The number of Topliss-reactive ketones (excluding diaryl/α,β-unsaturated/α-hetero) is 1. The number of carboxylic acid groups (broad SMARTS) is 1. The van der Waals surface area contributed by atoms with Gasteiger partial charge in [0.25, 0.3) is 0 Å². The maximum absolute atomic E-state index is 13.8. The third-order valence-electron chi connectivity index (χ3n) is 4.39. The summed E-state index contributed by atoms with van der Waals surface area (Å²) in [4.78, 5) is 36.0. The predicted octanol–water partition coefficient (Wildman–Crippen LogP) is 4.40. The number of hydrogen-bond acceptors (Lipinski definition) is 4. The van der Waals surface area contributed by atoms with Crippen LogP contribution in [0.25, 0.3) is 0 Å². The van der Waals surface area contributed by atoms with E-state index in [1.54, 1.807) is 12.1 Å². The van der Waals surface area contributed by atoms with Gasteiger partial charge in [0.1, 0.15) is 5.82 Å². The lowest BCUT2D eigenvalue weighted by Crippen LogP contribution is -2.18. The highest BCUT2D eigenvalue weighted by atomic mass is 19.1. The van der Waals surface area contributed by atoms with Crippen LogP contribution in [0, 0.1) is 29.0 Å². The number of nitrogens with one attached hydrogen (secondary N) is 2. The molecule has 0 aliphatic carbocycles. The summed E-state index contributed by atoms with van der Waals surface area (Å²) in [6.45, 7) is 0. The Morgan fingerprint density at radius 2 is 1.67 bits per heavy atom. The summed E-state index contributed by atoms with van der Waals surface area (Å²) < 4.78 is 13.8. The molecule has 0 aromatic heterocycles. The second kappa shape index (κ2) is 10.4. The van der Waals surface area contributed by atoms with Crippen molar-refractivity contribution in [3.05, 3.63) is 94.8 Å². The Bertz CT molecular complexity index is 1350. The Kier molecular flexibility index (Phi) is 7.15. The molecule has 0 atom stereocenters. The molecule has 0 unspecified atom stereocenters. The van der Waals surface area contributed by atoms with E-state index in [0.29, 0.717) is 5.56 Å². The zero-order valence-electron chi connectivity index (χ0n) is 17.1. The zero-order chi connectivity index (χ0) is 23.8. The molecule has 3 rings (SSSR count). The molecule has 3 aromatic rings. The highest BCUT2D eigenvalue weighted by molar-refractivity contribution is 6.12. The zero-order valence-corrected chi connectivity index (χ0v) is 17.1. The van der Waals surface area contributed by atoms with Crippen LogP contribution in [0.3, 0.4) is 0 Å². The van der Waals surface area contributed by atoms with Crippen molar-refractivity contribution in [2.45, 2.75) is 6.42 Å². The van der Waals surface area contributed by atoms with E-state index in [0.717, 1.165) is 0 Å². The lowest BCUT2D eigenvalue weighted by Gasteiger charge is -2.11. The van der Waals surface area contributed by atoms with Crippen LogP contribution in [0.4, 0.5) is 20.6 Å². The smallest absolute Gasteiger partial charge is 0.409 e. The quantitative estimate of drug-likeness (QED) is 0.308. The van der Waals surface area contributed by atoms with Gasteiger partial charge in [0.05, 0.1) is 35.0 Å². The molecule has 0 spiro atoms.